The van der Waals surface area contributed by atoms with E-state index in [1.54, 1.807) is 0 Å². The number of H-pyrrole nitrogens is 1. The maximum atomic E-state index is 5.14. The molecule has 1 nitrogen and oxygen atoms in total. The van der Waals surface area contributed by atoms with E-state index in [-0.39, 0.29) is 59.1 Å². The van der Waals surface area contributed by atoms with Gasteiger partial charge in [0.1, 0.15) is 0 Å². The van der Waals surface area contributed by atoms with Crippen molar-refractivity contribution in [1.29, 1.82) is 0 Å². The number of hydrogen-bond donors (Lipinski definition) is 1. The number of rotatable bonds is 0. The molecule has 0 aliphatic heterocycles. The Morgan fingerprint density at radius 3 is 2.57 bits per heavy atom. The summed E-state index contributed by atoms with van der Waals surface area (Å²) in [7, 11) is 0. The number of nitrogens with one attached hydrogen (secondary N) is 1. The molecular weight excluding hydrogens is 232 g/mol. The van der Waals surface area contributed by atoms with Crippen LogP contribution in [0.25, 0.3) is 10.9 Å². The van der Waals surface area contributed by atoms with E-state index in [9.17, 15) is 0 Å². The quantitative estimate of drug-likeness (QED) is 0.296. The van der Waals surface area contributed by atoms with E-state index in [0.29, 0.717) is 0 Å². The zero-order valence-electron chi connectivity index (χ0n) is 8.20. The molecule has 0 aliphatic carbocycles. The molecular formula is C9H6NNa2S2+. The van der Waals surface area contributed by atoms with Crippen molar-refractivity contribution < 1.29 is 59.1 Å². The largest absolute Gasteiger partial charge is 1.00 e. The standard InChI is InChI=1S/C9H7NS2.2Na/c11-6-1-2-7-8(5-6)10-4-3-9(7)12;;/h1-5,11H,(H,10,12);;/q;2*+1/p-1. The van der Waals surface area contributed by atoms with Gasteiger partial charge < -0.3 is 17.6 Å². The van der Waals surface area contributed by atoms with Crippen LogP contribution in [-0.4, -0.2) is 4.98 Å². The Morgan fingerprint density at radius 1 is 1.14 bits per heavy atom. The summed E-state index contributed by atoms with van der Waals surface area (Å²) in [5.41, 5.74) is 1.01. The van der Waals surface area contributed by atoms with Gasteiger partial charge in [-0.15, -0.1) is 0 Å². The predicted octanol–water partition coefficient (Wildman–Crippen LogP) is -3.19. The first kappa shape index (κ1) is 15.1. The van der Waals surface area contributed by atoms with Crippen molar-refractivity contribution in [2.45, 2.75) is 4.90 Å². The molecule has 0 saturated carbocycles. The molecule has 0 atom stereocenters. The van der Waals surface area contributed by atoms with Gasteiger partial charge in [-0.2, -0.15) is 4.90 Å². The molecule has 1 N–H and O–H groups in total. The van der Waals surface area contributed by atoms with Crippen LogP contribution in [0.15, 0.2) is 35.4 Å². The van der Waals surface area contributed by atoms with Crippen molar-refractivity contribution in [3.05, 3.63) is 35.0 Å². The third-order valence-electron chi connectivity index (χ3n) is 1.73. The summed E-state index contributed by atoms with van der Waals surface area (Å²) in [5, 5.41) is 1.06. The first-order valence-corrected chi connectivity index (χ1v) is 4.37. The second kappa shape index (κ2) is 6.61. The first-order chi connectivity index (χ1) is 5.77. The molecule has 60 valence electrons. The van der Waals surface area contributed by atoms with E-state index in [0.717, 1.165) is 20.3 Å². The molecule has 14 heavy (non-hydrogen) atoms. The fourth-order valence-electron chi connectivity index (χ4n) is 1.15. The molecule has 0 unspecified atom stereocenters. The van der Waals surface area contributed by atoms with E-state index in [2.05, 4.69) is 4.98 Å². The number of hydrogen-bond acceptors (Lipinski definition) is 2. The summed E-state index contributed by atoms with van der Waals surface area (Å²) in [6, 6.07) is 7.64. The molecule has 5 heteroatoms. The van der Waals surface area contributed by atoms with Crippen molar-refractivity contribution in [3.63, 3.8) is 0 Å². The molecule has 2 aromatic rings. The Labute approximate surface area is 138 Å². The maximum Gasteiger partial charge on any atom is 1.00 e. The van der Waals surface area contributed by atoms with Crippen molar-refractivity contribution in [2.75, 3.05) is 0 Å². The number of benzene rings is 1. The van der Waals surface area contributed by atoms with E-state index in [4.69, 9.17) is 24.8 Å². The molecule has 0 amide bonds. The van der Waals surface area contributed by atoms with Crippen LogP contribution in [0.3, 0.4) is 0 Å². The Balaban J connectivity index is 0.000000845. The molecule has 0 aliphatic rings. The number of aromatic nitrogens is 1. The van der Waals surface area contributed by atoms with Gasteiger partial charge in [0, 0.05) is 21.6 Å². The van der Waals surface area contributed by atoms with Gasteiger partial charge in [0.15, 0.2) is 0 Å². The maximum absolute atomic E-state index is 5.14. The molecule has 0 radical (unpaired) electrons. The second-order valence-corrected chi connectivity index (χ2v) is 3.46. The zero-order chi connectivity index (χ0) is 8.55. The molecule has 1 aromatic carbocycles. The van der Waals surface area contributed by atoms with Gasteiger partial charge in [0.25, 0.3) is 0 Å². The topological polar surface area (TPSA) is 15.8 Å². The Hall–Kier alpha value is 1.07. The average Bonchev–Trinajstić information content (AvgIpc) is 2.04. The normalized spacial score (nSPS) is 8.86. The van der Waals surface area contributed by atoms with Gasteiger partial charge in [-0.25, -0.2) is 0 Å². The fourth-order valence-corrected chi connectivity index (χ4v) is 1.59. The third kappa shape index (κ3) is 3.29. The molecule has 0 fully saturated rings. The number of fused-ring (bicyclic) bond motifs is 1. The SMILES string of the molecule is S=c1cc[nH]c2cc([S-])ccc12.[Na+].[Na+]. The van der Waals surface area contributed by atoms with Gasteiger partial charge in [0.05, 0.1) is 0 Å². The summed E-state index contributed by atoms with van der Waals surface area (Å²) < 4.78 is 0.860. The molecule has 0 saturated heterocycles. The van der Waals surface area contributed by atoms with Crippen LogP contribution < -0.4 is 59.1 Å². The van der Waals surface area contributed by atoms with E-state index in [1.807, 2.05) is 30.5 Å². The Bertz CT molecular complexity index is 481. The average molecular weight is 238 g/mol. The Morgan fingerprint density at radius 2 is 1.86 bits per heavy atom. The third-order valence-corrected chi connectivity index (χ3v) is 2.34. The van der Waals surface area contributed by atoms with Crippen molar-refractivity contribution in [2.24, 2.45) is 0 Å². The van der Waals surface area contributed by atoms with Gasteiger partial charge >= 0.3 is 59.1 Å². The van der Waals surface area contributed by atoms with Crippen molar-refractivity contribution in [3.8, 4) is 0 Å². The first-order valence-electron chi connectivity index (χ1n) is 3.56. The predicted molar refractivity (Wildman–Crippen MR) is 54.8 cm³/mol. The Kier molecular flexibility index (Phi) is 7.11. The van der Waals surface area contributed by atoms with Gasteiger partial charge in [-0.1, -0.05) is 30.4 Å². The molecule has 1 aromatic heterocycles. The monoisotopic (exact) mass is 238 g/mol. The minimum atomic E-state index is 0. The summed E-state index contributed by atoms with van der Waals surface area (Å²) in [6.07, 6.45) is 1.83. The van der Waals surface area contributed by atoms with Crippen molar-refractivity contribution >= 4 is 35.7 Å². The number of pyridine rings is 1. The van der Waals surface area contributed by atoms with E-state index >= 15 is 0 Å². The minimum absolute atomic E-state index is 0. The van der Waals surface area contributed by atoms with Crippen LogP contribution in [0, 0.1) is 4.51 Å². The molecule has 1 heterocycles. The summed E-state index contributed by atoms with van der Waals surface area (Å²) in [5.74, 6) is 0. The van der Waals surface area contributed by atoms with Crippen LogP contribution >= 0.6 is 12.2 Å². The van der Waals surface area contributed by atoms with E-state index in [1.165, 1.54) is 0 Å². The summed E-state index contributed by atoms with van der Waals surface area (Å²) in [6.45, 7) is 0. The van der Waals surface area contributed by atoms with Crippen LogP contribution in [0.2, 0.25) is 0 Å². The van der Waals surface area contributed by atoms with Gasteiger partial charge in [-0.3, -0.25) is 0 Å². The summed E-state index contributed by atoms with van der Waals surface area (Å²) in [4.78, 5) is 3.93. The molecule has 0 spiro atoms. The number of aromatic amines is 1. The van der Waals surface area contributed by atoms with Crippen molar-refractivity contribution in [1.82, 2.24) is 4.98 Å². The zero-order valence-corrected chi connectivity index (χ0v) is 13.8. The second-order valence-electron chi connectivity index (χ2n) is 2.55. The molecule has 0 bridgehead atoms. The van der Waals surface area contributed by atoms with E-state index < -0.39 is 0 Å². The van der Waals surface area contributed by atoms with Crippen LogP contribution in [0.1, 0.15) is 0 Å². The minimum Gasteiger partial charge on any atom is -0.780 e. The van der Waals surface area contributed by atoms with Crippen LogP contribution in [0.5, 0.6) is 0 Å². The fraction of sp³-hybridized carbons (Fsp3) is 0. The van der Waals surface area contributed by atoms with Crippen LogP contribution in [0.4, 0.5) is 0 Å². The smallest absolute Gasteiger partial charge is 0.780 e. The summed E-state index contributed by atoms with van der Waals surface area (Å²) >= 11 is 10.2. The van der Waals surface area contributed by atoms with Crippen LogP contribution in [-0.2, 0) is 12.6 Å². The molecule has 2 rings (SSSR count). The van der Waals surface area contributed by atoms with Gasteiger partial charge in [0.2, 0.25) is 0 Å². The van der Waals surface area contributed by atoms with Gasteiger partial charge in [-0.05, 0) is 6.07 Å².